The first-order valence-electron chi connectivity index (χ1n) is 6.77. The molecule has 0 aromatic heterocycles. The van der Waals surface area contributed by atoms with E-state index in [0.29, 0.717) is 5.56 Å². The highest BCUT2D eigenvalue weighted by Gasteiger charge is 2.17. The van der Waals surface area contributed by atoms with E-state index in [1.54, 1.807) is 18.2 Å². The molecule has 1 aliphatic rings. The smallest absolute Gasteiger partial charge is 0.253 e. The summed E-state index contributed by atoms with van der Waals surface area (Å²) >= 11 is 0. The Bertz CT molecular complexity index is 421. The lowest BCUT2D eigenvalue weighted by Crippen LogP contribution is -2.33. The highest BCUT2D eigenvalue weighted by molar-refractivity contribution is 5.94. The van der Waals surface area contributed by atoms with E-state index in [4.69, 9.17) is 0 Å². The van der Waals surface area contributed by atoms with Crippen molar-refractivity contribution in [2.75, 3.05) is 13.1 Å². The third-order valence-electron chi connectivity index (χ3n) is 3.59. The van der Waals surface area contributed by atoms with E-state index < -0.39 is 0 Å². The monoisotopic (exact) mass is 247 g/mol. The standard InChI is InChI=1S/C15H21NO2/c1-12-11-13(7-8-14(12)17)15(18)16-9-5-3-2-4-6-10-16/h7-8,11,17H,2-6,9-10H2,1H3. The zero-order valence-corrected chi connectivity index (χ0v) is 11.0. The van der Waals surface area contributed by atoms with Crippen LogP contribution in [0.4, 0.5) is 0 Å². The van der Waals surface area contributed by atoms with Crippen LogP contribution in [0.15, 0.2) is 18.2 Å². The summed E-state index contributed by atoms with van der Waals surface area (Å²) in [7, 11) is 0. The molecule has 1 aliphatic heterocycles. The SMILES string of the molecule is Cc1cc(C(=O)N2CCCCCCC2)ccc1O. The number of likely N-dealkylation sites (tertiary alicyclic amines) is 1. The normalized spacial score (nSPS) is 17.1. The van der Waals surface area contributed by atoms with Crippen LogP contribution in [0.5, 0.6) is 5.75 Å². The van der Waals surface area contributed by atoms with Gasteiger partial charge in [0.1, 0.15) is 5.75 Å². The molecule has 98 valence electrons. The zero-order valence-electron chi connectivity index (χ0n) is 11.0. The number of aryl methyl sites for hydroxylation is 1. The van der Waals surface area contributed by atoms with Gasteiger partial charge < -0.3 is 10.0 Å². The van der Waals surface area contributed by atoms with Crippen LogP contribution >= 0.6 is 0 Å². The van der Waals surface area contributed by atoms with Crippen molar-refractivity contribution in [3.63, 3.8) is 0 Å². The number of rotatable bonds is 1. The van der Waals surface area contributed by atoms with Gasteiger partial charge in [-0.15, -0.1) is 0 Å². The number of aromatic hydroxyl groups is 1. The quantitative estimate of drug-likeness (QED) is 0.828. The van der Waals surface area contributed by atoms with E-state index in [0.717, 1.165) is 31.5 Å². The van der Waals surface area contributed by atoms with Gasteiger partial charge in [0.25, 0.3) is 5.91 Å². The van der Waals surface area contributed by atoms with Crippen LogP contribution in [-0.4, -0.2) is 29.0 Å². The first-order chi connectivity index (χ1) is 8.68. The maximum Gasteiger partial charge on any atom is 0.253 e. The Labute approximate surface area is 108 Å². The van der Waals surface area contributed by atoms with Gasteiger partial charge in [-0.1, -0.05) is 19.3 Å². The van der Waals surface area contributed by atoms with Crippen molar-refractivity contribution in [2.24, 2.45) is 0 Å². The number of hydrogen-bond acceptors (Lipinski definition) is 2. The molecular weight excluding hydrogens is 226 g/mol. The molecule has 1 heterocycles. The van der Waals surface area contributed by atoms with Crippen LogP contribution in [-0.2, 0) is 0 Å². The number of benzene rings is 1. The number of carbonyl (C=O) groups excluding carboxylic acids is 1. The fourth-order valence-electron chi connectivity index (χ4n) is 2.42. The van der Waals surface area contributed by atoms with E-state index in [1.807, 2.05) is 11.8 Å². The van der Waals surface area contributed by atoms with E-state index in [2.05, 4.69) is 0 Å². The average molecular weight is 247 g/mol. The third-order valence-corrected chi connectivity index (χ3v) is 3.59. The Morgan fingerprint density at radius 3 is 2.33 bits per heavy atom. The minimum absolute atomic E-state index is 0.0972. The van der Waals surface area contributed by atoms with Crippen molar-refractivity contribution < 1.29 is 9.90 Å². The molecule has 3 heteroatoms. The first kappa shape index (κ1) is 12.9. The van der Waals surface area contributed by atoms with Crippen molar-refractivity contribution >= 4 is 5.91 Å². The number of carbonyl (C=O) groups is 1. The van der Waals surface area contributed by atoms with Gasteiger partial charge in [0.2, 0.25) is 0 Å². The Kier molecular flexibility index (Phi) is 4.24. The van der Waals surface area contributed by atoms with E-state index in [9.17, 15) is 9.90 Å². The topological polar surface area (TPSA) is 40.5 Å². The van der Waals surface area contributed by atoms with Crippen LogP contribution in [0.2, 0.25) is 0 Å². The molecule has 1 aromatic rings. The molecule has 0 radical (unpaired) electrons. The lowest BCUT2D eigenvalue weighted by molar-refractivity contribution is 0.0742. The molecule has 3 nitrogen and oxygen atoms in total. The average Bonchev–Trinajstić information content (AvgIpc) is 2.31. The second-order valence-corrected chi connectivity index (χ2v) is 5.06. The highest BCUT2D eigenvalue weighted by atomic mass is 16.3. The van der Waals surface area contributed by atoms with Crippen LogP contribution in [0.1, 0.15) is 48.0 Å². The molecule has 1 fully saturated rings. The summed E-state index contributed by atoms with van der Waals surface area (Å²) in [6.45, 7) is 3.54. The van der Waals surface area contributed by atoms with E-state index in [-0.39, 0.29) is 11.7 Å². The molecule has 0 bridgehead atoms. The Balaban J connectivity index is 2.10. The van der Waals surface area contributed by atoms with Gasteiger partial charge in [0.15, 0.2) is 0 Å². The third kappa shape index (κ3) is 3.03. The Morgan fingerprint density at radius 1 is 1.11 bits per heavy atom. The summed E-state index contributed by atoms with van der Waals surface area (Å²) in [5.41, 5.74) is 1.44. The summed E-state index contributed by atoms with van der Waals surface area (Å²) in [5.74, 6) is 0.346. The predicted octanol–water partition coefficient (Wildman–Crippen LogP) is 3.11. The summed E-state index contributed by atoms with van der Waals surface area (Å²) in [4.78, 5) is 14.3. The van der Waals surface area contributed by atoms with Gasteiger partial charge >= 0.3 is 0 Å². The van der Waals surface area contributed by atoms with Crippen molar-refractivity contribution in [2.45, 2.75) is 39.0 Å². The van der Waals surface area contributed by atoms with Crippen LogP contribution in [0.25, 0.3) is 0 Å². The molecule has 1 saturated heterocycles. The van der Waals surface area contributed by atoms with Gasteiger partial charge in [-0.25, -0.2) is 0 Å². The lowest BCUT2D eigenvalue weighted by Gasteiger charge is -2.25. The Hall–Kier alpha value is -1.51. The molecular formula is C15H21NO2. The molecule has 1 N–H and O–H groups in total. The number of phenols is 1. The molecule has 0 unspecified atom stereocenters. The molecule has 0 atom stereocenters. The molecule has 18 heavy (non-hydrogen) atoms. The molecule has 0 saturated carbocycles. The fraction of sp³-hybridized carbons (Fsp3) is 0.533. The Morgan fingerprint density at radius 2 is 1.72 bits per heavy atom. The summed E-state index contributed by atoms with van der Waals surface area (Å²) in [6, 6.07) is 5.09. The molecule has 0 spiro atoms. The maximum absolute atomic E-state index is 12.4. The maximum atomic E-state index is 12.4. The summed E-state index contributed by atoms with van der Waals surface area (Å²) in [5, 5.41) is 9.49. The van der Waals surface area contributed by atoms with Gasteiger partial charge in [0, 0.05) is 18.7 Å². The lowest BCUT2D eigenvalue weighted by atomic mass is 10.1. The second kappa shape index (κ2) is 5.89. The van der Waals surface area contributed by atoms with Crippen molar-refractivity contribution in [1.82, 2.24) is 4.90 Å². The van der Waals surface area contributed by atoms with Crippen LogP contribution in [0.3, 0.4) is 0 Å². The first-order valence-corrected chi connectivity index (χ1v) is 6.77. The predicted molar refractivity (Wildman–Crippen MR) is 71.8 cm³/mol. The highest BCUT2D eigenvalue weighted by Crippen LogP contribution is 2.19. The van der Waals surface area contributed by atoms with E-state index in [1.165, 1.54) is 19.3 Å². The van der Waals surface area contributed by atoms with Crippen LogP contribution in [0, 0.1) is 6.92 Å². The fourth-order valence-corrected chi connectivity index (χ4v) is 2.42. The van der Waals surface area contributed by atoms with Gasteiger partial charge in [0.05, 0.1) is 0 Å². The second-order valence-electron chi connectivity index (χ2n) is 5.06. The minimum Gasteiger partial charge on any atom is -0.508 e. The summed E-state index contributed by atoms with van der Waals surface area (Å²) < 4.78 is 0. The minimum atomic E-state index is 0.0972. The summed E-state index contributed by atoms with van der Waals surface area (Å²) in [6.07, 6.45) is 5.93. The van der Waals surface area contributed by atoms with Crippen molar-refractivity contribution in [3.05, 3.63) is 29.3 Å². The number of phenolic OH excluding ortho intramolecular Hbond substituents is 1. The van der Waals surface area contributed by atoms with Crippen molar-refractivity contribution in [1.29, 1.82) is 0 Å². The number of nitrogens with zero attached hydrogens (tertiary/aromatic N) is 1. The van der Waals surface area contributed by atoms with Crippen LogP contribution < -0.4 is 0 Å². The molecule has 2 rings (SSSR count). The van der Waals surface area contributed by atoms with Gasteiger partial charge in [-0.05, 0) is 43.5 Å². The molecule has 1 aromatic carbocycles. The van der Waals surface area contributed by atoms with Gasteiger partial charge in [-0.2, -0.15) is 0 Å². The molecule has 1 amide bonds. The van der Waals surface area contributed by atoms with E-state index >= 15 is 0 Å². The zero-order chi connectivity index (χ0) is 13.0. The van der Waals surface area contributed by atoms with Crippen molar-refractivity contribution in [3.8, 4) is 5.75 Å². The van der Waals surface area contributed by atoms with Gasteiger partial charge in [-0.3, -0.25) is 4.79 Å². The number of amides is 1. The number of hydrogen-bond donors (Lipinski definition) is 1. The largest absolute Gasteiger partial charge is 0.508 e. The molecule has 0 aliphatic carbocycles.